The highest BCUT2D eigenvalue weighted by molar-refractivity contribution is 6.02. The van der Waals surface area contributed by atoms with Gasteiger partial charge >= 0.3 is 18.2 Å². The molecule has 0 saturated heterocycles. The fourth-order valence-corrected chi connectivity index (χ4v) is 3.64. The second kappa shape index (κ2) is 12.7. The minimum atomic E-state index is -4.55. The van der Waals surface area contributed by atoms with Crippen LogP contribution in [0, 0.1) is 5.82 Å². The maximum atomic E-state index is 14.2. The number of hydrogen-bond acceptors (Lipinski definition) is 3. The maximum absolute atomic E-state index is 14.2. The van der Waals surface area contributed by atoms with Crippen LogP contribution < -0.4 is 25.6 Å². The molecule has 0 atom stereocenters. The number of nitrogens with zero attached hydrogens (tertiary/aromatic N) is 1. The molecule has 0 bridgehead atoms. The minimum absolute atomic E-state index is 0.0308. The molecule has 0 spiro atoms. The number of anilines is 3. The Labute approximate surface area is 227 Å². The van der Waals surface area contributed by atoms with Gasteiger partial charge in [-0.2, -0.15) is 13.2 Å². The van der Waals surface area contributed by atoms with Crippen LogP contribution in [0.2, 0.25) is 0 Å². The van der Waals surface area contributed by atoms with Crippen molar-refractivity contribution in [3.63, 3.8) is 0 Å². The zero-order valence-corrected chi connectivity index (χ0v) is 20.9. The fraction of sp³-hybridized carbons (Fsp3) is 0.103. The zero-order chi connectivity index (χ0) is 28.5. The number of alkyl halides is 3. The number of ether oxygens (including phenoxy) is 1. The van der Waals surface area contributed by atoms with Gasteiger partial charge in [0.2, 0.25) is 0 Å². The van der Waals surface area contributed by atoms with Crippen LogP contribution in [0.4, 0.5) is 44.2 Å². The second-order valence-electron chi connectivity index (χ2n) is 8.43. The number of carbonyl (C=O) groups is 2. The van der Waals surface area contributed by atoms with Crippen LogP contribution in [0.25, 0.3) is 0 Å². The molecule has 3 N–H and O–H groups in total. The van der Waals surface area contributed by atoms with E-state index in [9.17, 15) is 27.2 Å². The average molecular weight is 553 g/mol. The third-order valence-electron chi connectivity index (χ3n) is 5.56. The molecule has 4 rings (SSSR count). The first-order valence-electron chi connectivity index (χ1n) is 12.1. The Balaban J connectivity index is 1.43. The highest BCUT2D eigenvalue weighted by Gasteiger charge is 2.30. The van der Waals surface area contributed by atoms with Gasteiger partial charge < -0.3 is 20.7 Å². The van der Waals surface area contributed by atoms with E-state index >= 15 is 0 Å². The van der Waals surface area contributed by atoms with Crippen molar-refractivity contribution in [2.45, 2.75) is 6.18 Å². The number of urea groups is 2. The van der Waals surface area contributed by atoms with Gasteiger partial charge in [-0.15, -0.1) is 0 Å². The van der Waals surface area contributed by atoms with Crippen LogP contribution in [0.5, 0.6) is 11.5 Å². The molecule has 0 aliphatic rings. The fourth-order valence-electron chi connectivity index (χ4n) is 3.64. The lowest BCUT2D eigenvalue weighted by Gasteiger charge is -2.24. The molecule has 0 saturated carbocycles. The van der Waals surface area contributed by atoms with Gasteiger partial charge in [0, 0.05) is 24.5 Å². The van der Waals surface area contributed by atoms with Crippen molar-refractivity contribution in [3.8, 4) is 11.5 Å². The summed E-state index contributed by atoms with van der Waals surface area (Å²) in [7, 11) is 0. The number of halogens is 4. The molecule has 0 aliphatic heterocycles. The molecule has 0 unspecified atom stereocenters. The molecule has 40 heavy (non-hydrogen) atoms. The van der Waals surface area contributed by atoms with E-state index in [1.54, 1.807) is 42.5 Å². The van der Waals surface area contributed by atoms with Gasteiger partial charge in [-0.05, 0) is 66.7 Å². The number of benzene rings is 4. The van der Waals surface area contributed by atoms with Crippen LogP contribution in [-0.4, -0.2) is 25.2 Å². The van der Waals surface area contributed by atoms with Gasteiger partial charge in [0.1, 0.15) is 17.3 Å². The Morgan fingerprint density at radius 3 is 2.15 bits per heavy atom. The highest BCUT2D eigenvalue weighted by Crippen LogP contribution is 2.30. The van der Waals surface area contributed by atoms with Crippen molar-refractivity contribution < 1.29 is 31.9 Å². The standard InChI is InChI=1S/C29H24F4N4O3/c30-25-11-4-5-12-26(25)36-28(39)37(22-13-15-24(16-14-22)40-23-9-2-1-3-10-23)18-17-34-27(38)35-21-8-6-7-20(19-21)29(31,32)33/h1-16,19H,17-18H2,(H,36,39)(H2,34,35,38). The van der Waals surface area contributed by atoms with E-state index < -0.39 is 29.6 Å². The molecule has 4 amide bonds. The number of carbonyl (C=O) groups excluding carboxylic acids is 2. The predicted molar refractivity (Wildman–Crippen MR) is 144 cm³/mol. The summed E-state index contributed by atoms with van der Waals surface area (Å²) in [5, 5.41) is 7.36. The zero-order valence-electron chi connectivity index (χ0n) is 20.9. The molecule has 0 aliphatic carbocycles. The number of nitrogens with one attached hydrogen (secondary N) is 3. The molecule has 0 heterocycles. The van der Waals surface area contributed by atoms with Crippen molar-refractivity contribution in [2.24, 2.45) is 0 Å². The quantitative estimate of drug-likeness (QED) is 0.198. The Bertz CT molecular complexity index is 1450. The largest absolute Gasteiger partial charge is 0.457 e. The van der Waals surface area contributed by atoms with Crippen LogP contribution >= 0.6 is 0 Å². The predicted octanol–water partition coefficient (Wildman–Crippen LogP) is 7.50. The molecule has 4 aromatic rings. The number of hydrogen-bond donors (Lipinski definition) is 3. The summed E-state index contributed by atoms with van der Waals surface area (Å²) in [4.78, 5) is 26.7. The number of rotatable bonds is 8. The van der Waals surface area contributed by atoms with Crippen LogP contribution in [0.15, 0.2) is 103 Å². The lowest BCUT2D eigenvalue weighted by atomic mass is 10.2. The summed E-state index contributed by atoms with van der Waals surface area (Å²) in [6, 6.07) is 24.1. The van der Waals surface area contributed by atoms with Crippen molar-refractivity contribution in [1.29, 1.82) is 0 Å². The lowest BCUT2D eigenvalue weighted by molar-refractivity contribution is -0.137. The third kappa shape index (κ3) is 7.73. The number of amides is 4. The summed E-state index contributed by atoms with van der Waals surface area (Å²) in [5.41, 5.74) is -0.553. The Morgan fingerprint density at radius 2 is 1.45 bits per heavy atom. The second-order valence-corrected chi connectivity index (χ2v) is 8.43. The normalized spacial score (nSPS) is 10.9. The number of para-hydroxylation sites is 2. The summed E-state index contributed by atoms with van der Waals surface area (Å²) < 4.78 is 58.8. The monoisotopic (exact) mass is 552 g/mol. The Kier molecular flexibility index (Phi) is 8.85. The first-order valence-corrected chi connectivity index (χ1v) is 12.1. The summed E-state index contributed by atoms with van der Waals surface area (Å²) >= 11 is 0. The van der Waals surface area contributed by atoms with Gasteiger partial charge in [0.25, 0.3) is 0 Å². The molecule has 7 nitrogen and oxygen atoms in total. The van der Waals surface area contributed by atoms with Crippen LogP contribution in [-0.2, 0) is 6.18 Å². The van der Waals surface area contributed by atoms with E-state index in [2.05, 4.69) is 16.0 Å². The smallest absolute Gasteiger partial charge is 0.416 e. The molecule has 0 aromatic heterocycles. The Hall–Kier alpha value is -5.06. The summed E-state index contributed by atoms with van der Waals surface area (Å²) in [5.74, 6) is 0.518. The van der Waals surface area contributed by atoms with Crippen LogP contribution in [0.3, 0.4) is 0 Å². The summed E-state index contributed by atoms with van der Waals surface area (Å²) in [6.45, 7) is -0.118. The molecule has 11 heteroatoms. The van der Waals surface area contributed by atoms with E-state index in [1.807, 2.05) is 18.2 Å². The van der Waals surface area contributed by atoms with Crippen molar-refractivity contribution in [3.05, 3.63) is 115 Å². The van der Waals surface area contributed by atoms with E-state index in [4.69, 9.17) is 4.74 Å². The average Bonchev–Trinajstić information content (AvgIpc) is 2.93. The molecular weight excluding hydrogens is 528 g/mol. The first-order chi connectivity index (χ1) is 19.2. The van der Waals surface area contributed by atoms with Gasteiger partial charge in [0.15, 0.2) is 0 Å². The molecule has 206 valence electrons. The molecular formula is C29H24F4N4O3. The highest BCUT2D eigenvalue weighted by atomic mass is 19.4. The lowest BCUT2D eigenvalue weighted by Crippen LogP contribution is -2.42. The van der Waals surface area contributed by atoms with Gasteiger partial charge in [0.05, 0.1) is 11.3 Å². The van der Waals surface area contributed by atoms with Crippen molar-refractivity contribution in [1.82, 2.24) is 5.32 Å². The minimum Gasteiger partial charge on any atom is -0.457 e. The summed E-state index contributed by atoms with van der Waals surface area (Å²) in [6.07, 6.45) is -4.55. The van der Waals surface area contributed by atoms with Crippen molar-refractivity contribution in [2.75, 3.05) is 28.6 Å². The van der Waals surface area contributed by atoms with Gasteiger partial charge in [-0.3, -0.25) is 4.90 Å². The Morgan fingerprint density at radius 1 is 0.775 bits per heavy atom. The maximum Gasteiger partial charge on any atom is 0.416 e. The molecule has 0 radical (unpaired) electrons. The molecule has 4 aromatic carbocycles. The topological polar surface area (TPSA) is 82.7 Å². The first kappa shape index (κ1) is 28.0. The van der Waals surface area contributed by atoms with E-state index in [0.29, 0.717) is 17.2 Å². The SMILES string of the molecule is O=C(NCCN(C(=O)Nc1ccccc1F)c1ccc(Oc2ccccc2)cc1)Nc1cccc(C(F)(F)F)c1. The van der Waals surface area contributed by atoms with Crippen molar-refractivity contribution >= 4 is 29.1 Å². The van der Waals surface area contributed by atoms with E-state index in [1.165, 1.54) is 35.2 Å². The van der Waals surface area contributed by atoms with E-state index in [-0.39, 0.29) is 24.5 Å². The third-order valence-corrected chi connectivity index (χ3v) is 5.56. The van der Waals surface area contributed by atoms with Crippen LogP contribution in [0.1, 0.15) is 5.56 Å². The van der Waals surface area contributed by atoms with Gasteiger partial charge in [-0.1, -0.05) is 36.4 Å². The van der Waals surface area contributed by atoms with E-state index in [0.717, 1.165) is 12.1 Å². The van der Waals surface area contributed by atoms with Gasteiger partial charge in [-0.25, -0.2) is 14.0 Å². The molecule has 0 fully saturated rings.